The highest BCUT2D eigenvalue weighted by Gasteiger charge is 2.23. The lowest BCUT2D eigenvalue weighted by Crippen LogP contribution is -2.09. The second-order valence-electron chi connectivity index (χ2n) is 7.58. The normalized spacial score (nSPS) is 11.3. The molecule has 0 atom stereocenters. The van der Waals surface area contributed by atoms with Crippen molar-refractivity contribution in [3.8, 4) is 0 Å². The molecule has 27 heavy (non-hydrogen) atoms. The van der Waals surface area contributed by atoms with Crippen LogP contribution in [0.15, 0.2) is 72.9 Å². The van der Waals surface area contributed by atoms with Crippen LogP contribution in [0, 0.1) is 27.7 Å². The summed E-state index contributed by atoms with van der Waals surface area (Å²) < 4.78 is 0. The van der Waals surface area contributed by atoms with Gasteiger partial charge in [-0.05, 0) is 61.6 Å². The number of para-hydroxylation sites is 1. The van der Waals surface area contributed by atoms with Gasteiger partial charge in [-0.15, -0.1) is 0 Å². The summed E-state index contributed by atoms with van der Waals surface area (Å²) in [7, 11) is 0. The van der Waals surface area contributed by atoms with Crippen molar-refractivity contribution >= 4 is 10.9 Å². The summed E-state index contributed by atoms with van der Waals surface area (Å²) in [6, 6.07) is 24.2. The Labute approximate surface area is 161 Å². The van der Waals surface area contributed by atoms with Crippen LogP contribution in [0.5, 0.6) is 0 Å². The van der Waals surface area contributed by atoms with Crippen LogP contribution in [-0.2, 0) is 0 Å². The second kappa shape index (κ2) is 7.00. The average molecular weight is 351 g/mol. The molecular formula is C26H25N. The van der Waals surface area contributed by atoms with E-state index in [0.29, 0.717) is 0 Å². The first-order valence-corrected chi connectivity index (χ1v) is 9.52. The van der Waals surface area contributed by atoms with E-state index in [2.05, 4.69) is 88.4 Å². The molecule has 0 amide bonds. The molecule has 4 rings (SSSR count). The first-order valence-electron chi connectivity index (χ1n) is 9.52. The van der Waals surface area contributed by atoms with Crippen LogP contribution in [0.4, 0.5) is 0 Å². The predicted octanol–water partition coefficient (Wildman–Crippen LogP) is 6.65. The van der Waals surface area contributed by atoms with E-state index in [1.54, 1.807) is 0 Å². The van der Waals surface area contributed by atoms with E-state index in [1.807, 2.05) is 12.3 Å². The molecular weight excluding hydrogens is 326 g/mol. The molecule has 0 aliphatic carbocycles. The molecule has 3 aromatic carbocycles. The van der Waals surface area contributed by atoms with Crippen molar-refractivity contribution in [2.75, 3.05) is 0 Å². The molecule has 0 radical (unpaired) electrons. The summed E-state index contributed by atoms with van der Waals surface area (Å²) in [6.45, 7) is 8.77. The van der Waals surface area contributed by atoms with E-state index in [0.717, 1.165) is 5.52 Å². The van der Waals surface area contributed by atoms with Crippen LogP contribution in [0.2, 0.25) is 0 Å². The molecule has 0 aliphatic rings. The van der Waals surface area contributed by atoms with Crippen molar-refractivity contribution in [3.05, 3.63) is 112 Å². The third-order valence-electron chi connectivity index (χ3n) is 5.47. The summed E-state index contributed by atoms with van der Waals surface area (Å²) in [5, 5.41) is 1.19. The number of aromatic nitrogens is 1. The van der Waals surface area contributed by atoms with Crippen molar-refractivity contribution in [1.29, 1.82) is 0 Å². The van der Waals surface area contributed by atoms with Gasteiger partial charge < -0.3 is 0 Å². The first-order chi connectivity index (χ1) is 13.0. The Morgan fingerprint density at radius 3 is 1.85 bits per heavy atom. The number of fused-ring (bicyclic) bond motifs is 1. The highest BCUT2D eigenvalue weighted by atomic mass is 14.7. The average Bonchev–Trinajstić information content (AvgIpc) is 2.67. The maximum absolute atomic E-state index is 4.76. The second-order valence-corrected chi connectivity index (χ2v) is 7.58. The standard InChI is InChI=1S/C26H25N/c1-17-10-12-19(3)23(15-17)25(24-16-18(2)11-13-20(24)4)22-9-5-7-21-8-6-14-27-26(21)22/h5-16,25H,1-4H3. The summed E-state index contributed by atoms with van der Waals surface area (Å²) in [6.07, 6.45) is 1.90. The number of aryl methyl sites for hydroxylation is 4. The minimum atomic E-state index is 0.170. The Morgan fingerprint density at radius 1 is 0.630 bits per heavy atom. The molecule has 0 spiro atoms. The van der Waals surface area contributed by atoms with Crippen molar-refractivity contribution in [1.82, 2.24) is 4.98 Å². The van der Waals surface area contributed by atoms with Gasteiger partial charge in [0.1, 0.15) is 0 Å². The largest absolute Gasteiger partial charge is 0.256 e. The molecule has 1 heteroatoms. The summed E-state index contributed by atoms with van der Waals surface area (Å²) in [5.41, 5.74) is 10.3. The molecule has 4 aromatic rings. The summed E-state index contributed by atoms with van der Waals surface area (Å²) in [5.74, 6) is 0.170. The van der Waals surface area contributed by atoms with Crippen molar-refractivity contribution in [3.63, 3.8) is 0 Å². The number of pyridine rings is 1. The van der Waals surface area contributed by atoms with Crippen LogP contribution in [0.25, 0.3) is 10.9 Å². The molecule has 0 fully saturated rings. The lowest BCUT2D eigenvalue weighted by Gasteiger charge is -2.24. The molecule has 0 saturated carbocycles. The monoisotopic (exact) mass is 351 g/mol. The lowest BCUT2D eigenvalue weighted by atomic mass is 9.79. The van der Waals surface area contributed by atoms with E-state index in [4.69, 9.17) is 4.98 Å². The Morgan fingerprint density at radius 2 is 1.22 bits per heavy atom. The van der Waals surface area contributed by atoms with E-state index in [1.165, 1.54) is 44.3 Å². The van der Waals surface area contributed by atoms with Crippen LogP contribution in [0.1, 0.15) is 44.9 Å². The third kappa shape index (κ3) is 3.26. The van der Waals surface area contributed by atoms with Gasteiger partial charge in [0.05, 0.1) is 5.52 Å². The Hall–Kier alpha value is -2.93. The van der Waals surface area contributed by atoms with E-state index < -0.39 is 0 Å². The van der Waals surface area contributed by atoms with Crippen LogP contribution in [0.3, 0.4) is 0 Å². The number of benzene rings is 3. The number of hydrogen-bond donors (Lipinski definition) is 0. The molecule has 134 valence electrons. The molecule has 0 saturated heterocycles. The van der Waals surface area contributed by atoms with Crippen LogP contribution in [-0.4, -0.2) is 4.98 Å². The van der Waals surface area contributed by atoms with Crippen molar-refractivity contribution in [2.45, 2.75) is 33.6 Å². The Bertz CT molecular complexity index is 1070. The van der Waals surface area contributed by atoms with Crippen LogP contribution >= 0.6 is 0 Å². The zero-order valence-corrected chi connectivity index (χ0v) is 16.5. The van der Waals surface area contributed by atoms with Crippen molar-refractivity contribution in [2.24, 2.45) is 0 Å². The molecule has 1 heterocycles. The molecule has 0 bridgehead atoms. The molecule has 0 aliphatic heterocycles. The highest BCUT2D eigenvalue weighted by Crippen LogP contribution is 2.38. The zero-order chi connectivity index (χ0) is 19.0. The zero-order valence-electron chi connectivity index (χ0n) is 16.5. The van der Waals surface area contributed by atoms with Crippen LogP contribution < -0.4 is 0 Å². The van der Waals surface area contributed by atoms with Crippen molar-refractivity contribution < 1.29 is 0 Å². The Kier molecular flexibility index (Phi) is 4.53. The topological polar surface area (TPSA) is 12.9 Å². The van der Waals surface area contributed by atoms with Gasteiger partial charge in [-0.2, -0.15) is 0 Å². The van der Waals surface area contributed by atoms with Gasteiger partial charge >= 0.3 is 0 Å². The minimum Gasteiger partial charge on any atom is -0.256 e. The van der Waals surface area contributed by atoms with Gasteiger partial charge in [-0.25, -0.2) is 0 Å². The van der Waals surface area contributed by atoms with E-state index >= 15 is 0 Å². The molecule has 0 unspecified atom stereocenters. The fraction of sp³-hybridized carbons (Fsp3) is 0.192. The maximum atomic E-state index is 4.76. The number of nitrogens with zero attached hydrogens (tertiary/aromatic N) is 1. The van der Waals surface area contributed by atoms with Gasteiger partial charge in [0.15, 0.2) is 0 Å². The van der Waals surface area contributed by atoms with Gasteiger partial charge in [0, 0.05) is 17.5 Å². The van der Waals surface area contributed by atoms with E-state index in [9.17, 15) is 0 Å². The molecule has 1 aromatic heterocycles. The smallest absolute Gasteiger partial charge is 0.0743 e. The lowest BCUT2D eigenvalue weighted by molar-refractivity contribution is 0.949. The van der Waals surface area contributed by atoms with Gasteiger partial charge in [-0.1, -0.05) is 71.8 Å². The Balaban J connectivity index is 2.07. The number of rotatable bonds is 3. The quantitative estimate of drug-likeness (QED) is 0.377. The maximum Gasteiger partial charge on any atom is 0.0743 e. The minimum absolute atomic E-state index is 0.170. The van der Waals surface area contributed by atoms with E-state index in [-0.39, 0.29) is 5.92 Å². The predicted molar refractivity (Wildman–Crippen MR) is 115 cm³/mol. The van der Waals surface area contributed by atoms with Gasteiger partial charge in [-0.3, -0.25) is 4.98 Å². The fourth-order valence-corrected chi connectivity index (χ4v) is 4.01. The van der Waals surface area contributed by atoms with Gasteiger partial charge in [0.2, 0.25) is 0 Å². The third-order valence-corrected chi connectivity index (χ3v) is 5.47. The first kappa shape index (κ1) is 17.5. The molecule has 1 nitrogen and oxygen atoms in total. The number of hydrogen-bond acceptors (Lipinski definition) is 1. The highest BCUT2D eigenvalue weighted by molar-refractivity contribution is 5.83. The van der Waals surface area contributed by atoms with Gasteiger partial charge in [0.25, 0.3) is 0 Å². The fourth-order valence-electron chi connectivity index (χ4n) is 4.01. The summed E-state index contributed by atoms with van der Waals surface area (Å²) in [4.78, 5) is 4.76. The molecule has 0 N–H and O–H groups in total. The SMILES string of the molecule is Cc1ccc(C)c(C(c2cc(C)ccc2C)c2cccc3cccnc23)c1. The summed E-state index contributed by atoms with van der Waals surface area (Å²) >= 11 is 0.